The van der Waals surface area contributed by atoms with E-state index in [1.54, 1.807) is 6.07 Å². The van der Waals surface area contributed by atoms with Gasteiger partial charge in [0.1, 0.15) is 0 Å². The van der Waals surface area contributed by atoms with Crippen molar-refractivity contribution in [2.24, 2.45) is 5.92 Å². The highest BCUT2D eigenvalue weighted by Gasteiger charge is 2.51. The van der Waals surface area contributed by atoms with Crippen LogP contribution in [0.4, 0.5) is 4.79 Å². The molecule has 0 aromatic heterocycles. The molecular weight excluding hydrogens is 474 g/mol. The van der Waals surface area contributed by atoms with Crippen LogP contribution in [0.25, 0.3) is 0 Å². The smallest absolute Gasteiger partial charge is 0.358 e. The van der Waals surface area contributed by atoms with Crippen LogP contribution in [0.15, 0.2) is 54.6 Å². The van der Waals surface area contributed by atoms with Gasteiger partial charge in [-0.15, -0.1) is 0 Å². The van der Waals surface area contributed by atoms with Gasteiger partial charge in [0, 0.05) is 26.2 Å². The summed E-state index contributed by atoms with van der Waals surface area (Å²) >= 11 is 1.05. The minimum Gasteiger partial charge on any atom is -0.358 e. The summed E-state index contributed by atoms with van der Waals surface area (Å²) < 4.78 is 7.37. The molecule has 2 saturated heterocycles. The number of piperidine rings is 1. The third-order valence-corrected chi connectivity index (χ3v) is 7.55. The van der Waals surface area contributed by atoms with Gasteiger partial charge in [0.15, 0.2) is 12.2 Å². The van der Waals surface area contributed by atoms with E-state index in [-0.39, 0.29) is 11.9 Å². The first-order chi connectivity index (χ1) is 17.4. The Kier molecular flexibility index (Phi) is 8.52. The first kappa shape index (κ1) is 26.0. The molecule has 190 valence electrons. The SMILES string of the molecule is CC(C)CC1NC2(CCN(SOC(=O)NCc3ccccc3)CC2)N(Cc2ccccc2C#N)C1=O. The molecule has 4 rings (SSSR count). The molecule has 1 unspecified atom stereocenters. The van der Waals surface area contributed by atoms with Gasteiger partial charge in [-0.3, -0.25) is 10.1 Å². The van der Waals surface area contributed by atoms with Crippen LogP contribution in [0.2, 0.25) is 0 Å². The van der Waals surface area contributed by atoms with E-state index in [1.165, 1.54) is 0 Å². The molecule has 0 saturated carbocycles. The number of carbonyl (C=O) groups is 2. The van der Waals surface area contributed by atoms with E-state index in [0.717, 1.165) is 29.8 Å². The number of hydrogen-bond donors (Lipinski definition) is 2. The lowest BCUT2D eigenvalue weighted by molar-refractivity contribution is -0.134. The largest absolute Gasteiger partial charge is 0.420 e. The van der Waals surface area contributed by atoms with Crippen LogP contribution < -0.4 is 10.6 Å². The minimum absolute atomic E-state index is 0.0917. The number of hydrogen-bond acceptors (Lipinski definition) is 7. The highest BCUT2D eigenvalue weighted by atomic mass is 32.2. The lowest BCUT2D eigenvalue weighted by atomic mass is 9.96. The topological polar surface area (TPSA) is 97.7 Å². The Bertz CT molecular complexity index is 1100. The molecule has 8 nitrogen and oxygen atoms in total. The van der Waals surface area contributed by atoms with Crippen molar-refractivity contribution in [1.29, 1.82) is 5.26 Å². The standard InChI is InChI=1S/C27H33N5O3S/c1-20(2)16-24-25(33)32(19-23-11-7-6-10-22(23)17-28)27(30-24)12-14-31(15-13-27)36-35-26(34)29-18-21-8-4-3-5-9-21/h3-11,20,24,30H,12-16,18-19H2,1-2H3,(H,29,34). The maximum Gasteiger partial charge on any atom is 0.420 e. The third kappa shape index (κ3) is 6.19. The predicted molar refractivity (Wildman–Crippen MR) is 139 cm³/mol. The summed E-state index contributed by atoms with van der Waals surface area (Å²) in [7, 11) is 0. The van der Waals surface area contributed by atoms with Crippen LogP contribution in [0.5, 0.6) is 0 Å². The predicted octanol–water partition coefficient (Wildman–Crippen LogP) is 4.19. The average Bonchev–Trinajstić information content (AvgIpc) is 3.13. The highest BCUT2D eigenvalue weighted by molar-refractivity contribution is 7.92. The fourth-order valence-corrected chi connectivity index (χ4v) is 5.46. The van der Waals surface area contributed by atoms with E-state index < -0.39 is 11.8 Å². The summed E-state index contributed by atoms with van der Waals surface area (Å²) in [4.78, 5) is 27.6. The number of nitrogens with one attached hydrogen (secondary N) is 2. The van der Waals surface area contributed by atoms with Crippen molar-refractivity contribution in [2.75, 3.05) is 13.1 Å². The van der Waals surface area contributed by atoms with Crippen LogP contribution >= 0.6 is 12.2 Å². The summed E-state index contributed by atoms with van der Waals surface area (Å²) in [6.45, 7) is 6.36. The fraction of sp³-hybridized carbons (Fsp3) is 0.444. The second-order valence-electron chi connectivity index (χ2n) is 9.76. The third-order valence-electron chi connectivity index (χ3n) is 6.74. The Morgan fingerprint density at radius 2 is 1.89 bits per heavy atom. The quantitative estimate of drug-likeness (QED) is 0.408. The van der Waals surface area contributed by atoms with Crippen molar-refractivity contribution in [2.45, 2.75) is 57.9 Å². The van der Waals surface area contributed by atoms with Crippen molar-refractivity contribution >= 4 is 24.2 Å². The molecule has 2 aromatic rings. The number of rotatable bonds is 8. The van der Waals surface area contributed by atoms with Gasteiger partial charge in [-0.25, -0.2) is 9.10 Å². The molecule has 0 aliphatic carbocycles. The Balaban J connectivity index is 1.37. The summed E-state index contributed by atoms with van der Waals surface area (Å²) in [5, 5.41) is 16.0. The second kappa shape index (κ2) is 11.8. The van der Waals surface area contributed by atoms with Gasteiger partial charge in [-0.05, 0) is 42.4 Å². The number of carbonyl (C=O) groups excluding carboxylic acids is 2. The van der Waals surface area contributed by atoms with Crippen molar-refractivity contribution in [3.8, 4) is 6.07 Å². The van der Waals surface area contributed by atoms with E-state index >= 15 is 0 Å². The van der Waals surface area contributed by atoms with Gasteiger partial charge in [0.05, 0.1) is 23.3 Å². The lowest BCUT2D eigenvalue weighted by Crippen LogP contribution is -2.57. The Morgan fingerprint density at radius 3 is 2.58 bits per heavy atom. The Labute approximate surface area is 217 Å². The molecule has 0 radical (unpaired) electrons. The molecule has 9 heteroatoms. The summed E-state index contributed by atoms with van der Waals surface area (Å²) in [6, 6.07) is 19.1. The van der Waals surface area contributed by atoms with Crippen molar-refractivity contribution < 1.29 is 13.8 Å². The summed E-state index contributed by atoms with van der Waals surface area (Å²) in [5.74, 6) is 0.474. The molecule has 2 aromatic carbocycles. The Morgan fingerprint density at radius 1 is 1.19 bits per heavy atom. The molecule has 2 fully saturated rings. The fourth-order valence-electron chi connectivity index (χ4n) is 4.89. The molecule has 2 amide bonds. The lowest BCUT2D eigenvalue weighted by Gasteiger charge is -2.44. The second-order valence-corrected chi connectivity index (χ2v) is 10.6. The zero-order valence-electron chi connectivity index (χ0n) is 20.8. The molecule has 36 heavy (non-hydrogen) atoms. The van der Waals surface area contributed by atoms with Crippen molar-refractivity contribution in [3.05, 3.63) is 71.3 Å². The van der Waals surface area contributed by atoms with E-state index in [4.69, 9.17) is 4.18 Å². The first-order valence-electron chi connectivity index (χ1n) is 12.4. The molecule has 2 N–H and O–H groups in total. The van der Waals surface area contributed by atoms with Gasteiger partial charge in [-0.2, -0.15) is 5.26 Å². The van der Waals surface area contributed by atoms with Gasteiger partial charge in [-0.1, -0.05) is 62.4 Å². The van der Waals surface area contributed by atoms with Crippen molar-refractivity contribution in [3.63, 3.8) is 0 Å². The molecule has 2 heterocycles. The van der Waals surface area contributed by atoms with Gasteiger partial charge < -0.3 is 14.4 Å². The number of nitrogens with zero attached hydrogens (tertiary/aromatic N) is 3. The van der Waals surface area contributed by atoms with Crippen molar-refractivity contribution in [1.82, 2.24) is 19.8 Å². The number of benzene rings is 2. The average molecular weight is 508 g/mol. The van der Waals surface area contributed by atoms with Crippen LogP contribution in [0.1, 0.15) is 49.8 Å². The minimum atomic E-state index is -0.481. The van der Waals surface area contributed by atoms with Gasteiger partial charge >= 0.3 is 6.09 Å². The van der Waals surface area contributed by atoms with E-state index in [0.29, 0.717) is 50.5 Å². The Hall–Kier alpha value is -3.06. The van der Waals surface area contributed by atoms with Gasteiger partial charge in [0.25, 0.3) is 0 Å². The van der Waals surface area contributed by atoms with E-state index in [1.807, 2.05) is 57.7 Å². The van der Waals surface area contributed by atoms with E-state index in [9.17, 15) is 14.9 Å². The maximum absolute atomic E-state index is 13.5. The van der Waals surface area contributed by atoms with Crippen LogP contribution in [-0.4, -0.2) is 46.0 Å². The van der Waals surface area contributed by atoms with Crippen LogP contribution in [-0.2, 0) is 22.1 Å². The summed E-state index contributed by atoms with van der Waals surface area (Å²) in [5.41, 5.74) is 1.97. The van der Waals surface area contributed by atoms with Crippen LogP contribution in [0, 0.1) is 17.2 Å². The van der Waals surface area contributed by atoms with Gasteiger partial charge in [0.2, 0.25) is 5.91 Å². The van der Waals surface area contributed by atoms with Crippen LogP contribution in [0.3, 0.4) is 0 Å². The number of amides is 2. The zero-order chi connectivity index (χ0) is 25.5. The zero-order valence-corrected chi connectivity index (χ0v) is 21.6. The summed E-state index contributed by atoms with van der Waals surface area (Å²) in [6.07, 6.45) is 1.68. The molecule has 2 aliphatic heterocycles. The molecule has 1 atom stereocenters. The maximum atomic E-state index is 13.5. The molecule has 1 spiro atoms. The monoisotopic (exact) mass is 507 g/mol. The first-order valence-corrected chi connectivity index (χ1v) is 13.1. The molecular formula is C27H33N5O3S. The van der Waals surface area contributed by atoms with E-state index in [2.05, 4.69) is 30.6 Å². The highest BCUT2D eigenvalue weighted by Crippen LogP contribution is 2.37. The molecule has 2 aliphatic rings. The molecule has 0 bridgehead atoms. The number of nitriles is 1. The normalized spacial score (nSPS) is 19.4.